The molecule has 1 heterocycles. The Morgan fingerprint density at radius 2 is 2.14 bits per heavy atom. The van der Waals surface area contributed by atoms with Gasteiger partial charge in [-0.1, -0.05) is 20.8 Å². The molecule has 0 amide bonds. The number of hydrogen-bond acceptors (Lipinski definition) is 2. The molecule has 1 rings (SSSR count). The predicted octanol–water partition coefficient (Wildman–Crippen LogP) is 1.97. The average Bonchev–Trinajstić information content (AvgIpc) is 2.46. The lowest BCUT2D eigenvalue weighted by Crippen LogP contribution is -2.37. The Bertz CT molecular complexity index is 208. The van der Waals surface area contributed by atoms with E-state index in [1.165, 1.54) is 0 Å². The molecule has 82 valence electrons. The average molecular weight is 199 g/mol. The highest BCUT2D eigenvalue weighted by atomic mass is 16.4. The van der Waals surface area contributed by atoms with Crippen molar-refractivity contribution in [2.45, 2.75) is 46.1 Å². The molecule has 1 unspecified atom stereocenters. The quantitative estimate of drug-likeness (QED) is 0.755. The van der Waals surface area contributed by atoms with Crippen LogP contribution in [-0.2, 0) is 4.79 Å². The smallest absolute Gasteiger partial charge is 0.320 e. The molecule has 0 bridgehead atoms. The minimum atomic E-state index is -0.656. The van der Waals surface area contributed by atoms with Crippen LogP contribution < -0.4 is 0 Å². The number of carboxylic acids is 1. The Morgan fingerprint density at radius 1 is 1.50 bits per heavy atom. The van der Waals surface area contributed by atoms with Crippen molar-refractivity contribution < 1.29 is 9.90 Å². The zero-order valence-electron chi connectivity index (χ0n) is 9.42. The summed E-state index contributed by atoms with van der Waals surface area (Å²) in [5.74, 6) is -0.656. The number of carbonyl (C=O) groups is 1. The summed E-state index contributed by atoms with van der Waals surface area (Å²) in [4.78, 5) is 13.0. The molecule has 0 radical (unpaired) electrons. The minimum absolute atomic E-state index is 0.225. The third-order valence-electron chi connectivity index (χ3n) is 2.80. The Balaban J connectivity index is 2.40. The van der Waals surface area contributed by atoms with E-state index < -0.39 is 5.97 Å². The summed E-state index contributed by atoms with van der Waals surface area (Å²) in [5.41, 5.74) is 0.297. The second kappa shape index (κ2) is 4.30. The van der Waals surface area contributed by atoms with Crippen molar-refractivity contribution in [1.82, 2.24) is 4.90 Å². The minimum Gasteiger partial charge on any atom is -0.480 e. The van der Waals surface area contributed by atoms with Crippen LogP contribution in [-0.4, -0.2) is 35.1 Å². The maximum absolute atomic E-state index is 10.9. The van der Waals surface area contributed by atoms with Gasteiger partial charge in [-0.3, -0.25) is 9.69 Å². The standard InChI is InChI=1S/C11H21NO2/c1-11(2,3)6-8-12-7-4-5-9(12)10(13)14/h9H,4-8H2,1-3H3,(H,13,14). The molecule has 1 atom stereocenters. The molecule has 1 aliphatic rings. The molecule has 14 heavy (non-hydrogen) atoms. The Kier molecular flexibility index (Phi) is 3.53. The molecule has 1 aliphatic heterocycles. The number of nitrogens with zero attached hydrogens (tertiary/aromatic N) is 1. The van der Waals surface area contributed by atoms with E-state index in [1.807, 2.05) is 0 Å². The number of carboxylic acid groups (broad SMARTS) is 1. The number of aliphatic carboxylic acids is 1. The van der Waals surface area contributed by atoms with Gasteiger partial charge in [0.15, 0.2) is 0 Å². The van der Waals surface area contributed by atoms with Gasteiger partial charge >= 0.3 is 5.97 Å². The first-order valence-electron chi connectivity index (χ1n) is 5.37. The van der Waals surface area contributed by atoms with Crippen LogP contribution >= 0.6 is 0 Å². The monoisotopic (exact) mass is 199 g/mol. The first-order valence-corrected chi connectivity index (χ1v) is 5.37. The molecule has 1 fully saturated rings. The fourth-order valence-corrected chi connectivity index (χ4v) is 1.85. The van der Waals surface area contributed by atoms with Crippen molar-refractivity contribution in [2.75, 3.05) is 13.1 Å². The second-order valence-corrected chi connectivity index (χ2v) is 5.34. The van der Waals surface area contributed by atoms with E-state index in [2.05, 4.69) is 25.7 Å². The fraction of sp³-hybridized carbons (Fsp3) is 0.909. The van der Waals surface area contributed by atoms with Crippen LogP contribution in [0.2, 0.25) is 0 Å². The number of rotatable bonds is 3. The van der Waals surface area contributed by atoms with Crippen molar-refractivity contribution in [3.63, 3.8) is 0 Å². The van der Waals surface area contributed by atoms with E-state index in [4.69, 9.17) is 5.11 Å². The van der Waals surface area contributed by atoms with Gasteiger partial charge < -0.3 is 5.11 Å². The molecule has 3 nitrogen and oxygen atoms in total. The summed E-state index contributed by atoms with van der Waals surface area (Å²) in [6.07, 6.45) is 2.91. The second-order valence-electron chi connectivity index (χ2n) is 5.34. The van der Waals surface area contributed by atoms with Crippen molar-refractivity contribution >= 4 is 5.97 Å². The van der Waals surface area contributed by atoms with Crippen LogP contribution in [0, 0.1) is 5.41 Å². The normalized spacial score (nSPS) is 24.1. The molecule has 1 N–H and O–H groups in total. The molecule has 1 saturated heterocycles. The molecular weight excluding hydrogens is 178 g/mol. The van der Waals surface area contributed by atoms with Crippen molar-refractivity contribution in [3.8, 4) is 0 Å². The van der Waals surface area contributed by atoms with Gasteiger partial charge in [0, 0.05) is 0 Å². The molecule has 0 aromatic carbocycles. The molecule has 0 aromatic rings. The van der Waals surface area contributed by atoms with E-state index in [0.717, 1.165) is 32.4 Å². The Morgan fingerprint density at radius 3 is 2.64 bits per heavy atom. The third kappa shape index (κ3) is 3.29. The molecule has 3 heteroatoms. The maximum Gasteiger partial charge on any atom is 0.320 e. The van der Waals surface area contributed by atoms with E-state index in [-0.39, 0.29) is 6.04 Å². The van der Waals surface area contributed by atoms with Gasteiger partial charge in [-0.05, 0) is 37.8 Å². The van der Waals surface area contributed by atoms with Crippen LogP contribution in [0.4, 0.5) is 0 Å². The summed E-state index contributed by atoms with van der Waals surface area (Å²) in [6.45, 7) is 8.45. The van der Waals surface area contributed by atoms with Gasteiger partial charge in [0.2, 0.25) is 0 Å². The fourth-order valence-electron chi connectivity index (χ4n) is 1.85. The molecule has 0 aromatic heterocycles. The van der Waals surface area contributed by atoms with Gasteiger partial charge in [0.05, 0.1) is 0 Å². The molecule has 0 aliphatic carbocycles. The molecule has 0 saturated carbocycles. The summed E-state index contributed by atoms with van der Waals surface area (Å²) in [6, 6.07) is -0.225. The number of likely N-dealkylation sites (tertiary alicyclic amines) is 1. The topological polar surface area (TPSA) is 40.5 Å². The van der Waals surface area contributed by atoms with Crippen LogP contribution in [0.3, 0.4) is 0 Å². The third-order valence-corrected chi connectivity index (χ3v) is 2.80. The first-order chi connectivity index (χ1) is 6.40. The highest BCUT2D eigenvalue weighted by Gasteiger charge is 2.30. The van der Waals surface area contributed by atoms with E-state index in [0.29, 0.717) is 5.41 Å². The summed E-state index contributed by atoms with van der Waals surface area (Å²) >= 11 is 0. The molecule has 0 spiro atoms. The zero-order chi connectivity index (χ0) is 10.8. The van der Waals surface area contributed by atoms with Crippen LogP contribution in [0.15, 0.2) is 0 Å². The Hall–Kier alpha value is -0.570. The highest BCUT2D eigenvalue weighted by Crippen LogP contribution is 2.23. The zero-order valence-corrected chi connectivity index (χ0v) is 9.42. The predicted molar refractivity (Wildman–Crippen MR) is 56.3 cm³/mol. The first kappa shape index (κ1) is 11.5. The van der Waals surface area contributed by atoms with Crippen LogP contribution in [0.25, 0.3) is 0 Å². The van der Waals surface area contributed by atoms with Gasteiger partial charge in [0.1, 0.15) is 6.04 Å². The van der Waals surface area contributed by atoms with Crippen molar-refractivity contribution in [1.29, 1.82) is 0 Å². The van der Waals surface area contributed by atoms with Crippen molar-refractivity contribution in [3.05, 3.63) is 0 Å². The van der Waals surface area contributed by atoms with E-state index >= 15 is 0 Å². The van der Waals surface area contributed by atoms with Crippen LogP contribution in [0.5, 0.6) is 0 Å². The SMILES string of the molecule is CC(C)(C)CCN1CCCC1C(=O)O. The maximum atomic E-state index is 10.9. The highest BCUT2D eigenvalue weighted by molar-refractivity contribution is 5.73. The summed E-state index contributed by atoms with van der Waals surface area (Å²) in [5, 5.41) is 8.97. The van der Waals surface area contributed by atoms with Gasteiger partial charge in [-0.15, -0.1) is 0 Å². The summed E-state index contributed by atoms with van der Waals surface area (Å²) < 4.78 is 0. The van der Waals surface area contributed by atoms with E-state index in [9.17, 15) is 4.79 Å². The lowest BCUT2D eigenvalue weighted by Gasteiger charge is -2.25. The van der Waals surface area contributed by atoms with Gasteiger partial charge in [-0.2, -0.15) is 0 Å². The van der Waals surface area contributed by atoms with Gasteiger partial charge in [-0.25, -0.2) is 0 Å². The lowest BCUT2D eigenvalue weighted by molar-refractivity contribution is -0.142. The molecular formula is C11H21NO2. The van der Waals surface area contributed by atoms with E-state index in [1.54, 1.807) is 0 Å². The van der Waals surface area contributed by atoms with Crippen molar-refractivity contribution in [2.24, 2.45) is 5.41 Å². The van der Waals surface area contributed by atoms with Crippen LogP contribution in [0.1, 0.15) is 40.0 Å². The summed E-state index contributed by atoms with van der Waals surface area (Å²) in [7, 11) is 0. The lowest BCUT2D eigenvalue weighted by atomic mass is 9.92. The van der Waals surface area contributed by atoms with Gasteiger partial charge in [0.25, 0.3) is 0 Å². The Labute approximate surface area is 86.1 Å². The number of hydrogen-bond donors (Lipinski definition) is 1. The largest absolute Gasteiger partial charge is 0.480 e.